The molecule has 0 aliphatic heterocycles. The van der Waals surface area contributed by atoms with E-state index in [4.69, 9.17) is 9.84 Å². The van der Waals surface area contributed by atoms with Crippen LogP contribution in [-0.4, -0.2) is 18.3 Å². The van der Waals surface area contributed by atoms with Gasteiger partial charge in [-0.15, -0.1) is 0 Å². The monoisotopic (exact) mass is 362 g/mol. The molecule has 0 aromatic heterocycles. The molecule has 2 nitrogen and oxygen atoms in total. The molecule has 26 heavy (non-hydrogen) atoms. The van der Waals surface area contributed by atoms with Gasteiger partial charge in [-0.3, -0.25) is 0 Å². The second-order valence-corrected chi connectivity index (χ2v) is 9.55. The highest BCUT2D eigenvalue weighted by molar-refractivity contribution is 5.31. The molecule has 0 heterocycles. The Hall–Kier alpha value is -1.02. The van der Waals surface area contributed by atoms with E-state index in [1.807, 2.05) is 0 Å². The normalized spacial score (nSPS) is 12.4. The second kappa shape index (κ2) is 11.6. The Balaban J connectivity index is 2.21. The number of benzene rings is 1. The quantitative estimate of drug-likeness (QED) is 0.387. The lowest BCUT2D eigenvalue weighted by atomic mass is 9.72. The number of rotatable bonds is 13. The van der Waals surface area contributed by atoms with Crippen molar-refractivity contribution < 1.29 is 9.84 Å². The number of aliphatic hydroxyl groups is 1. The van der Waals surface area contributed by atoms with Gasteiger partial charge in [0.1, 0.15) is 5.75 Å². The molecule has 1 aromatic rings. The molecule has 0 amide bonds. The summed E-state index contributed by atoms with van der Waals surface area (Å²) >= 11 is 0. The highest BCUT2D eigenvalue weighted by Gasteiger charge is 2.27. The van der Waals surface area contributed by atoms with E-state index < -0.39 is 0 Å². The second-order valence-electron chi connectivity index (χ2n) is 9.55. The van der Waals surface area contributed by atoms with Gasteiger partial charge < -0.3 is 9.84 Å². The largest absolute Gasteiger partial charge is 0.494 e. The fourth-order valence-corrected chi connectivity index (χ4v) is 3.89. The van der Waals surface area contributed by atoms with Gasteiger partial charge in [0.25, 0.3) is 0 Å². The highest BCUT2D eigenvalue weighted by Crippen LogP contribution is 2.36. The summed E-state index contributed by atoms with van der Waals surface area (Å²) in [5, 5.41) is 8.75. The first kappa shape index (κ1) is 23.0. The molecule has 1 N–H and O–H groups in total. The van der Waals surface area contributed by atoms with E-state index in [1.54, 1.807) is 0 Å². The molecule has 1 rings (SSSR count). The third-order valence-corrected chi connectivity index (χ3v) is 4.93. The lowest BCUT2D eigenvalue weighted by Gasteiger charge is -2.33. The van der Waals surface area contributed by atoms with E-state index in [-0.39, 0.29) is 5.41 Å². The van der Waals surface area contributed by atoms with Crippen LogP contribution in [0.1, 0.15) is 98.0 Å². The Labute approximate surface area is 162 Å². The van der Waals surface area contributed by atoms with Crippen LogP contribution in [0.25, 0.3) is 0 Å². The fraction of sp³-hybridized carbons (Fsp3) is 0.750. The maximum Gasteiger partial charge on any atom is 0.119 e. The molecule has 0 unspecified atom stereocenters. The van der Waals surface area contributed by atoms with Gasteiger partial charge in [-0.25, -0.2) is 0 Å². The van der Waals surface area contributed by atoms with Gasteiger partial charge in [-0.05, 0) is 47.8 Å². The Kier molecular flexibility index (Phi) is 10.3. The molecule has 0 atom stereocenters. The lowest BCUT2D eigenvalue weighted by molar-refractivity contribution is 0.281. The number of ether oxygens (including phenoxy) is 1. The molecule has 0 spiro atoms. The summed E-state index contributed by atoms with van der Waals surface area (Å²) in [7, 11) is 0. The van der Waals surface area contributed by atoms with Crippen molar-refractivity contribution in [2.75, 3.05) is 13.2 Å². The van der Waals surface area contributed by atoms with Crippen LogP contribution in [-0.2, 0) is 5.41 Å². The van der Waals surface area contributed by atoms with Crippen molar-refractivity contribution in [3.63, 3.8) is 0 Å². The molecule has 0 aliphatic carbocycles. The SMILES string of the molecule is CC(C)(C)CC(C)(C)c1ccc(OCCCCCCCCCCO)cc1. The summed E-state index contributed by atoms with van der Waals surface area (Å²) in [4.78, 5) is 0. The summed E-state index contributed by atoms with van der Waals surface area (Å²) in [5.74, 6) is 0.990. The van der Waals surface area contributed by atoms with Crippen molar-refractivity contribution in [2.24, 2.45) is 5.41 Å². The summed E-state index contributed by atoms with van der Waals surface area (Å²) in [6.45, 7) is 12.7. The van der Waals surface area contributed by atoms with Crippen molar-refractivity contribution in [1.29, 1.82) is 0 Å². The van der Waals surface area contributed by atoms with Crippen molar-refractivity contribution in [3.05, 3.63) is 29.8 Å². The summed E-state index contributed by atoms with van der Waals surface area (Å²) < 4.78 is 5.91. The molecule has 1 aromatic carbocycles. The Morgan fingerprint density at radius 1 is 0.731 bits per heavy atom. The van der Waals surface area contributed by atoms with Gasteiger partial charge in [0.05, 0.1) is 6.61 Å². The zero-order chi connectivity index (χ0) is 19.5. The Bertz CT molecular complexity index is 468. The van der Waals surface area contributed by atoms with Crippen LogP contribution in [0.15, 0.2) is 24.3 Å². The maximum absolute atomic E-state index is 8.75. The van der Waals surface area contributed by atoms with E-state index >= 15 is 0 Å². The maximum atomic E-state index is 8.75. The number of unbranched alkanes of at least 4 members (excludes halogenated alkanes) is 7. The van der Waals surface area contributed by atoms with E-state index in [9.17, 15) is 0 Å². The van der Waals surface area contributed by atoms with E-state index in [0.29, 0.717) is 12.0 Å². The first-order chi connectivity index (χ1) is 12.2. The molecule has 0 aliphatic rings. The highest BCUT2D eigenvalue weighted by atomic mass is 16.5. The Morgan fingerprint density at radius 3 is 1.73 bits per heavy atom. The average molecular weight is 363 g/mol. The van der Waals surface area contributed by atoms with Gasteiger partial charge in [-0.1, -0.05) is 85.3 Å². The van der Waals surface area contributed by atoms with Crippen LogP contribution in [0.3, 0.4) is 0 Å². The molecule has 0 saturated heterocycles. The first-order valence-corrected chi connectivity index (χ1v) is 10.6. The predicted molar refractivity (Wildman–Crippen MR) is 113 cm³/mol. The lowest BCUT2D eigenvalue weighted by Crippen LogP contribution is -2.24. The van der Waals surface area contributed by atoms with Crippen molar-refractivity contribution in [2.45, 2.75) is 97.8 Å². The van der Waals surface area contributed by atoms with Gasteiger partial charge >= 0.3 is 0 Å². The molecular weight excluding hydrogens is 320 g/mol. The van der Waals surface area contributed by atoms with Gasteiger partial charge in [0.15, 0.2) is 0 Å². The molecule has 0 fully saturated rings. The van der Waals surface area contributed by atoms with Crippen molar-refractivity contribution in [1.82, 2.24) is 0 Å². The van der Waals surface area contributed by atoms with Crippen LogP contribution in [0.2, 0.25) is 0 Å². The summed E-state index contributed by atoms with van der Waals surface area (Å²) in [5.41, 5.74) is 1.91. The van der Waals surface area contributed by atoms with E-state index in [1.165, 1.54) is 50.5 Å². The fourth-order valence-electron chi connectivity index (χ4n) is 3.89. The first-order valence-electron chi connectivity index (χ1n) is 10.6. The van der Waals surface area contributed by atoms with Crippen molar-refractivity contribution in [3.8, 4) is 5.75 Å². The third kappa shape index (κ3) is 10.2. The minimum absolute atomic E-state index is 0.188. The number of hydrogen-bond donors (Lipinski definition) is 1. The van der Waals surface area contributed by atoms with Crippen LogP contribution in [0.4, 0.5) is 0 Å². The molecule has 150 valence electrons. The minimum atomic E-state index is 0.188. The minimum Gasteiger partial charge on any atom is -0.494 e. The average Bonchev–Trinajstić information content (AvgIpc) is 2.55. The van der Waals surface area contributed by atoms with E-state index in [2.05, 4.69) is 58.9 Å². The zero-order valence-corrected chi connectivity index (χ0v) is 17.9. The molecule has 2 heteroatoms. The number of hydrogen-bond acceptors (Lipinski definition) is 2. The predicted octanol–water partition coefficient (Wildman–Crippen LogP) is 6.89. The summed E-state index contributed by atoms with van der Waals surface area (Å²) in [6, 6.07) is 8.71. The molecular formula is C24H42O2. The van der Waals surface area contributed by atoms with Gasteiger partial charge in [0, 0.05) is 6.61 Å². The van der Waals surface area contributed by atoms with Crippen LogP contribution in [0.5, 0.6) is 5.75 Å². The van der Waals surface area contributed by atoms with E-state index in [0.717, 1.165) is 25.2 Å². The topological polar surface area (TPSA) is 29.5 Å². The van der Waals surface area contributed by atoms with Crippen LogP contribution < -0.4 is 4.74 Å². The van der Waals surface area contributed by atoms with Crippen LogP contribution >= 0.6 is 0 Å². The van der Waals surface area contributed by atoms with Gasteiger partial charge in [-0.2, -0.15) is 0 Å². The van der Waals surface area contributed by atoms with Crippen molar-refractivity contribution >= 4 is 0 Å². The number of aliphatic hydroxyl groups excluding tert-OH is 1. The Morgan fingerprint density at radius 2 is 1.23 bits per heavy atom. The molecule has 0 saturated carbocycles. The third-order valence-electron chi connectivity index (χ3n) is 4.93. The van der Waals surface area contributed by atoms with Gasteiger partial charge in [0.2, 0.25) is 0 Å². The van der Waals surface area contributed by atoms with Crippen LogP contribution in [0, 0.1) is 5.41 Å². The zero-order valence-electron chi connectivity index (χ0n) is 17.9. The summed E-state index contributed by atoms with van der Waals surface area (Å²) in [6.07, 6.45) is 10.8. The standard InChI is InChI=1S/C24H42O2/c1-23(2,3)20-24(4,5)21-14-16-22(17-15-21)26-19-13-11-9-7-6-8-10-12-18-25/h14-17,25H,6-13,18-20H2,1-5H3. The molecule has 0 radical (unpaired) electrons. The smallest absolute Gasteiger partial charge is 0.119 e. The molecule has 0 bridgehead atoms.